The minimum atomic E-state index is -0.217. The number of hydrogen-bond acceptors (Lipinski definition) is 3. The number of amides is 2. The van der Waals surface area contributed by atoms with Crippen molar-refractivity contribution in [1.29, 1.82) is 0 Å². The van der Waals surface area contributed by atoms with Gasteiger partial charge >= 0.3 is 6.03 Å². The zero-order valence-electron chi connectivity index (χ0n) is 13.5. The number of thioether (sulfide) groups is 1. The molecule has 0 atom stereocenters. The molecule has 122 valence electrons. The standard InChI is InChI=1S/C18H22N2O2S/c1-14-7-3-4-8-15(14)13-23-12-11-19-18(21)20-16-9-5-6-10-17(16)22-2/h3-10H,11-13H2,1-2H3,(H2,19,20,21). The Morgan fingerprint density at radius 1 is 1.13 bits per heavy atom. The number of methoxy groups -OCH3 is 1. The summed E-state index contributed by atoms with van der Waals surface area (Å²) in [5.41, 5.74) is 3.32. The van der Waals surface area contributed by atoms with Gasteiger partial charge in [0.2, 0.25) is 0 Å². The van der Waals surface area contributed by atoms with Crippen LogP contribution < -0.4 is 15.4 Å². The number of ether oxygens (including phenoxy) is 1. The van der Waals surface area contributed by atoms with Gasteiger partial charge < -0.3 is 15.4 Å². The van der Waals surface area contributed by atoms with Crippen LogP contribution in [0.5, 0.6) is 5.75 Å². The Morgan fingerprint density at radius 2 is 1.87 bits per heavy atom. The molecule has 2 aromatic carbocycles. The van der Waals surface area contributed by atoms with Crippen molar-refractivity contribution in [3.05, 3.63) is 59.7 Å². The average Bonchev–Trinajstić information content (AvgIpc) is 2.56. The topological polar surface area (TPSA) is 50.4 Å². The zero-order valence-corrected chi connectivity index (χ0v) is 14.3. The fraction of sp³-hybridized carbons (Fsp3) is 0.278. The van der Waals surface area contributed by atoms with Gasteiger partial charge in [0.15, 0.2) is 0 Å². The van der Waals surface area contributed by atoms with Gasteiger partial charge in [0, 0.05) is 18.1 Å². The molecule has 0 aliphatic rings. The van der Waals surface area contributed by atoms with Crippen LogP contribution in [0.1, 0.15) is 11.1 Å². The fourth-order valence-corrected chi connectivity index (χ4v) is 3.04. The van der Waals surface area contributed by atoms with Crippen LogP contribution in [0.4, 0.5) is 10.5 Å². The number of benzene rings is 2. The summed E-state index contributed by atoms with van der Waals surface area (Å²) in [4.78, 5) is 11.9. The van der Waals surface area contributed by atoms with E-state index in [0.29, 0.717) is 18.0 Å². The Hall–Kier alpha value is -2.14. The molecule has 0 saturated carbocycles. The molecule has 0 spiro atoms. The van der Waals surface area contributed by atoms with E-state index in [2.05, 4.69) is 35.8 Å². The lowest BCUT2D eigenvalue weighted by molar-refractivity contribution is 0.252. The van der Waals surface area contributed by atoms with Crippen LogP contribution in [-0.2, 0) is 5.75 Å². The molecule has 0 heterocycles. The Morgan fingerprint density at radius 3 is 2.65 bits per heavy atom. The maximum Gasteiger partial charge on any atom is 0.319 e. The summed E-state index contributed by atoms with van der Waals surface area (Å²) >= 11 is 1.81. The summed E-state index contributed by atoms with van der Waals surface area (Å²) in [6.07, 6.45) is 0. The van der Waals surface area contributed by atoms with Gasteiger partial charge in [0.1, 0.15) is 5.75 Å². The smallest absolute Gasteiger partial charge is 0.319 e. The number of carbonyl (C=O) groups is 1. The first-order valence-electron chi connectivity index (χ1n) is 7.51. The normalized spacial score (nSPS) is 10.2. The van der Waals surface area contributed by atoms with E-state index in [1.54, 1.807) is 7.11 Å². The number of carbonyl (C=O) groups excluding carboxylic acids is 1. The molecule has 0 bridgehead atoms. The summed E-state index contributed by atoms with van der Waals surface area (Å²) in [5, 5.41) is 5.65. The Bertz CT molecular complexity index is 646. The molecule has 2 N–H and O–H groups in total. The highest BCUT2D eigenvalue weighted by Gasteiger charge is 2.05. The number of nitrogens with one attached hydrogen (secondary N) is 2. The van der Waals surface area contributed by atoms with Crippen LogP contribution >= 0.6 is 11.8 Å². The van der Waals surface area contributed by atoms with Crippen molar-refractivity contribution in [3.63, 3.8) is 0 Å². The van der Waals surface area contributed by atoms with E-state index in [1.165, 1.54) is 11.1 Å². The van der Waals surface area contributed by atoms with E-state index in [0.717, 1.165) is 11.5 Å². The van der Waals surface area contributed by atoms with E-state index in [9.17, 15) is 4.79 Å². The SMILES string of the molecule is COc1ccccc1NC(=O)NCCSCc1ccccc1C. The lowest BCUT2D eigenvalue weighted by atomic mass is 10.1. The first kappa shape index (κ1) is 17.2. The van der Waals surface area contributed by atoms with Gasteiger partial charge in [-0.05, 0) is 30.2 Å². The monoisotopic (exact) mass is 330 g/mol. The fourth-order valence-electron chi connectivity index (χ4n) is 2.11. The van der Waals surface area contributed by atoms with Crippen molar-refractivity contribution < 1.29 is 9.53 Å². The number of aryl methyl sites for hydroxylation is 1. The second-order valence-corrected chi connectivity index (χ2v) is 6.17. The third kappa shape index (κ3) is 5.53. The van der Waals surface area contributed by atoms with Gasteiger partial charge in [0.25, 0.3) is 0 Å². The molecule has 0 radical (unpaired) electrons. The Kier molecular flexibility index (Phi) is 6.81. The lowest BCUT2D eigenvalue weighted by Crippen LogP contribution is -2.30. The van der Waals surface area contributed by atoms with Crippen molar-refractivity contribution in [1.82, 2.24) is 5.32 Å². The maximum absolute atomic E-state index is 11.9. The highest BCUT2D eigenvalue weighted by Crippen LogP contribution is 2.22. The van der Waals surface area contributed by atoms with Crippen molar-refractivity contribution in [2.45, 2.75) is 12.7 Å². The van der Waals surface area contributed by atoms with E-state index in [1.807, 2.05) is 42.1 Å². The van der Waals surface area contributed by atoms with Gasteiger partial charge in [-0.2, -0.15) is 11.8 Å². The van der Waals surface area contributed by atoms with Gasteiger partial charge in [-0.1, -0.05) is 36.4 Å². The first-order valence-corrected chi connectivity index (χ1v) is 8.66. The van der Waals surface area contributed by atoms with E-state index in [4.69, 9.17) is 4.74 Å². The zero-order chi connectivity index (χ0) is 16.5. The average molecular weight is 330 g/mol. The molecular formula is C18H22N2O2S. The number of rotatable bonds is 7. The second-order valence-electron chi connectivity index (χ2n) is 5.06. The van der Waals surface area contributed by atoms with E-state index >= 15 is 0 Å². The molecule has 23 heavy (non-hydrogen) atoms. The number of para-hydroxylation sites is 2. The third-order valence-electron chi connectivity index (χ3n) is 3.41. The highest BCUT2D eigenvalue weighted by molar-refractivity contribution is 7.98. The van der Waals surface area contributed by atoms with Crippen LogP contribution in [0.3, 0.4) is 0 Å². The predicted octanol–water partition coefficient (Wildman–Crippen LogP) is 4.06. The van der Waals surface area contributed by atoms with Gasteiger partial charge in [-0.3, -0.25) is 0 Å². The van der Waals surface area contributed by atoms with Crippen molar-refractivity contribution in [2.75, 3.05) is 24.7 Å². The molecule has 2 aromatic rings. The summed E-state index contributed by atoms with van der Waals surface area (Å²) in [7, 11) is 1.58. The van der Waals surface area contributed by atoms with Gasteiger partial charge in [-0.15, -0.1) is 0 Å². The van der Waals surface area contributed by atoms with Crippen molar-refractivity contribution in [3.8, 4) is 5.75 Å². The minimum absolute atomic E-state index is 0.217. The number of anilines is 1. The quantitative estimate of drug-likeness (QED) is 0.753. The Balaban J connectivity index is 1.68. The first-order chi connectivity index (χ1) is 11.2. The largest absolute Gasteiger partial charge is 0.495 e. The highest BCUT2D eigenvalue weighted by atomic mass is 32.2. The number of hydrogen-bond donors (Lipinski definition) is 2. The summed E-state index contributed by atoms with van der Waals surface area (Å²) in [5.74, 6) is 2.48. The molecule has 2 rings (SSSR count). The molecule has 0 aliphatic heterocycles. The lowest BCUT2D eigenvalue weighted by Gasteiger charge is -2.11. The molecule has 0 fully saturated rings. The molecule has 0 unspecified atom stereocenters. The third-order valence-corrected chi connectivity index (χ3v) is 4.41. The van der Waals surface area contributed by atoms with Crippen LogP contribution in [0.25, 0.3) is 0 Å². The minimum Gasteiger partial charge on any atom is -0.495 e. The summed E-state index contributed by atoms with van der Waals surface area (Å²) in [6.45, 7) is 2.74. The van der Waals surface area contributed by atoms with Crippen LogP contribution in [0, 0.1) is 6.92 Å². The van der Waals surface area contributed by atoms with Gasteiger partial charge in [-0.25, -0.2) is 4.79 Å². The molecule has 0 aromatic heterocycles. The molecule has 2 amide bonds. The molecule has 4 nitrogen and oxygen atoms in total. The second kappa shape index (κ2) is 9.10. The van der Waals surface area contributed by atoms with E-state index in [-0.39, 0.29) is 6.03 Å². The number of urea groups is 1. The van der Waals surface area contributed by atoms with Crippen LogP contribution in [0.15, 0.2) is 48.5 Å². The summed E-state index contributed by atoms with van der Waals surface area (Å²) < 4.78 is 5.20. The van der Waals surface area contributed by atoms with Crippen LogP contribution in [-0.4, -0.2) is 25.4 Å². The molecular weight excluding hydrogens is 308 g/mol. The van der Waals surface area contributed by atoms with Crippen LogP contribution in [0.2, 0.25) is 0 Å². The molecule has 0 saturated heterocycles. The van der Waals surface area contributed by atoms with Crippen molar-refractivity contribution in [2.24, 2.45) is 0 Å². The van der Waals surface area contributed by atoms with E-state index < -0.39 is 0 Å². The van der Waals surface area contributed by atoms with Crippen molar-refractivity contribution >= 4 is 23.5 Å². The Labute approximate surface area is 141 Å². The predicted molar refractivity (Wildman–Crippen MR) is 97.4 cm³/mol. The summed E-state index contributed by atoms with van der Waals surface area (Å²) in [6, 6.07) is 15.5. The molecule has 0 aliphatic carbocycles. The molecule has 5 heteroatoms. The van der Waals surface area contributed by atoms with Gasteiger partial charge in [0.05, 0.1) is 12.8 Å². The maximum atomic E-state index is 11.9.